The molecule has 4 nitrogen and oxygen atoms in total. The Labute approximate surface area is 124 Å². The van der Waals surface area contributed by atoms with E-state index in [1.807, 2.05) is 45.0 Å². The number of nitrogens with two attached hydrogens (primary N) is 1. The van der Waals surface area contributed by atoms with Gasteiger partial charge in [0.05, 0.1) is 0 Å². The van der Waals surface area contributed by atoms with Crippen molar-refractivity contribution < 1.29 is 9.53 Å². The van der Waals surface area contributed by atoms with Crippen molar-refractivity contribution in [1.82, 2.24) is 4.90 Å². The molecule has 0 atom stereocenters. The minimum Gasteiger partial charge on any atom is -0.444 e. The Bertz CT molecular complexity index is 488. The number of nitrogens with zero attached hydrogens (tertiary/aromatic N) is 1. The molecule has 0 aromatic heterocycles. The van der Waals surface area contributed by atoms with Gasteiger partial charge in [0.25, 0.3) is 0 Å². The summed E-state index contributed by atoms with van der Waals surface area (Å²) in [4.78, 5) is 13.7. The van der Waals surface area contributed by atoms with Crippen LogP contribution in [0.5, 0.6) is 0 Å². The Morgan fingerprint density at radius 3 is 2.35 bits per heavy atom. The van der Waals surface area contributed by atoms with Gasteiger partial charge in [0, 0.05) is 30.1 Å². The maximum atomic E-state index is 12.0. The molecule has 1 aliphatic rings. The number of hydrogen-bond acceptors (Lipinski definition) is 3. The summed E-state index contributed by atoms with van der Waals surface area (Å²) in [6.45, 7) is 7.24. The van der Waals surface area contributed by atoms with Gasteiger partial charge in [-0.1, -0.05) is 23.7 Å². The van der Waals surface area contributed by atoms with Crippen LogP contribution in [0.1, 0.15) is 26.3 Å². The maximum Gasteiger partial charge on any atom is 0.410 e. The van der Waals surface area contributed by atoms with Gasteiger partial charge in [-0.3, -0.25) is 0 Å². The predicted octanol–water partition coefficient (Wildman–Crippen LogP) is 2.79. The van der Waals surface area contributed by atoms with E-state index in [1.165, 1.54) is 0 Å². The Morgan fingerprint density at radius 2 is 1.90 bits per heavy atom. The molecule has 1 saturated heterocycles. The van der Waals surface area contributed by atoms with Gasteiger partial charge in [0.1, 0.15) is 5.60 Å². The first kappa shape index (κ1) is 15.1. The molecule has 2 N–H and O–H groups in total. The average Bonchev–Trinajstić information content (AvgIpc) is 2.28. The summed E-state index contributed by atoms with van der Waals surface area (Å²) < 4.78 is 5.36. The summed E-state index contributed by atoms with van der Waals surface area (Å²) in [6.07, 6.45) is -0.282. The monoisotopic (exact) mass is 296 g/mol. The third kappa shape index (κ3) is 3.07. The average molecular weight is 297 g/mol. The number of benzene rings is 1. The Kier molecular flexibility index (Phi) is 3.98. The molecular formula is C15H21ClN2O2. The topological polar surface area (TPSA) is 55.6 Å². The highest BCUT2D eigenvalue weighted by atomic mass is 35.5. The molecule has 5 heteroatoms. The molecular weight excluding hydrogens is 276 g/mol. The van der Waals surface area contributed by atoms with Gasteiger partial charge in [0.15, 0.2) is 0 Å². The highest BCUT2D eigenvalue weighted by molar-refractivity contribution is 6.30. The van der Waals surface area contributed by atoms with Gasteiger partial charge >= 0.3 is 6.09 Å². The van der Waals surface area contributed by atoms with Crippen molar-refractivity contribution in [3.63, 3.8) is 0 Å². The van der Waals surface area contributed by atoms with Crippen LogP contribution in [0.3, 0.4) is 0 Å². The summed E-state index contributed by atoms with van der Waals surface area (Å²) in [5.41, 5.74) is 6.38. The lowest BCUT2D eigenvalue weighted by molar-refractivity contribution is -0.00824. The van der Waals surface area contributed by atoms with Gasteiger partial charge in [-0.2, -0.15) is 0 Å². The van der Waals surface area contributed by atoms with E-state index in [-0.39, 0.29) is 11.5 Å². The van der Waals surface area contributed by atoms with Crippen LogP contribution in [0.25, 0.3) is 0 Å². The number of carbonyl (C=O) groups excluding carboxylic acids is 1. The standard InChI is InChI=1S/C15H21ClN2O2/c1-14(2,3)20-13(19)18-9-15(8-17,10-18)11-4-6-12(16)7-5-11/h4-7H,8-10,17H2,1-3H3. The quantitative estimate of drug-likeness (QED) is 0.913. The van der Waals surface area contributed by atoms with Crippen molar-refractivity contribution in [3.05, 3.63) is 34.9 Å². The van der Waals surface area contributed by atoms with Gasteiger partial charge in [-0.25, -0.2) is 4.79 Å². The van der Waals surface area contributed by atoms with Crippen LogP contribution >= 0.6 is 11.6 Å². The third-order valence-electron chi connectivity index (χ3n) is 3.49. The van der Waals surface area contributed by atoms with Crippen LogP contribution in [0.4, 0.5) is 4.79 Å². The smallest absolute Gasteiger partial charge is 0.410 e. The minimum absolute atomic E-state index is 0.179. The molecule has 0 bridgehead atoms. The molecule has 0 spiro atoms. The maximum absolute atomic E-state index is 12.0. The molecule has 0 aliphatic carbocycles. The summed E-state index contributed by atoms with van der Waals surface area (Å²) in [7, 11) is 0. The highest BCUT2D eigenvalue weighted by Gasteiger charge is 2.46. The highest BCUT2D eigenvalue weighted by Crippen LogP contribution is 2.35. The predicted molar refractivity (Wildman–Crippen MR) is 80.0 cm³/mol. The number of rotatable bonds is 2. The lowest BCUT2D eigenvalue weighted by Gasteiger charge is -2.49. The van der Waals surface area contributed by atoms with E-state index >= 15 is 0 Å². The van der Waals surface area contributed by atoms with E-state index in [2.05, 4.69) is 0 Å². The van der Waals surface area contributed by atoms with Crippen LogP contribution in [0, 0.1) is 0 Å². The first-order valence-electron chi connectivity index (χ1n) is 6.70. The van der Waals surface area contributed by atoms with Crippen LogP contribution < -0.4 is 5.73 Å². The molecule has 1 fully saturated rings. The van der Waals surface area contributed by atoms with E-state index in [4.69, 9.17) is 22.1 Å². The van der Waals surface area contributed by atoms with E-state index in [9.17, 15) is 4.79 Å². The Morgan fingerprint density at radius 1 is 1.35 bits per heavy atom. The molecule has 110 valence electrons. The Balaban J connectivity index is 2.04. The summed E-state index contributed by atoms with van der Waals surface area (Å²) >= 11 is 5.90. The van der Waals surface area contributed by atoms with Crippen molar-refractivity contribution in [3.8, 4) is 0 Å². The largest absolute Gasteiger partial charge is 0.444 e. The van der Waals surface area contributed by atoms with Crippen molar-refractivity contribution in [2.75, 3.05) is 19.6 Å². The minimum atomic E-state index is -0.474. The zero-order valence-electron chi connectivity index (χ0n) is 12.1. The molecule has 2 rings (SSSR count). The van der Waals surface area contributed by atoms with E-state index < -0.39 is 5.60 Å². The first-order chi connectivity index (χ1) is 9.26. The fourth-order valence-corrected chi connectivity index (χ4v) is 2.50. The number of amides is 1. The molecule has 0 unspecified atom stereocenters. The summed E-state index contributed by atoms with van der Waals surface area (Å²) in [6, 6.07) is 7.65. The number of halogens is 1. The van der Waals surface area contributed by atoms with Crippen molar-refractivity contribution in [2.45, 2.75) is 31.8 Å². The number of hydrogen-bond donors (Lipinski definition) is 1. The molecule has 1 heterocycles. The van der Waals surface area contributed by atoms with Crippen LogP contribution in [0.2, 0.25) is 5.02 Å². The zero-order valence-corrected chi connectivity index (χ0v) is 12.9. The first-order valence-corrected chi connectivity index (χ1v) is 7.08. The van der Waals surface area contributed by atoms with Crippen molar-refractivity contribution >= 4 is 17.7 Å². The molecule has 1 aromatic carbocycles. The Hall–Kier alpha value is -1.26. The number of likely N-dealkylation sites (tertiary alicyclic amines) is 1. The van der Waals surface area contributed by atoms with Crippen LogP contribution in [0.15, 0.2) is 24.3 Å². The molecule has 0 radical (unpaired) electrons. The van der Waals surface area contributed by atoms with E-state index in [0.717, 1.165) is 5.56 Å². The second-order valence-electron chi connectivity index (χ2n) is 6.33. The van der Waals surface area contributed by atoms with E-state index in [1.54, 1.807) is 4.90 Å². The van der Waals surface area contributed by atoms with Crippen molar-refractivity contribution in [1.29, 1.82) is 0 Å². The van der Waals surface area contributed by atoms with Gasteiger partial charge < -0.3 is 15.4 Å². The fraction of sp³-hybridized carbons (Fsp3) is 0.533. The molecule has 1 aliphatic heterocycles. The molecule has 20 heavy (non-hydrogen) atoms. The third-order valence-corrected chi connectivity index (χ3v) is 3.74. The van der Waals surface area contributed by atoms with Gasteiger partial charge in [-0.05, 0) is 38.5 Å². The SMILES string of the molecule is CC(C)(C)OC(=O)N1CC(CN)(c2ccc(Cl)cc2)C1. The molecule has 0 saturated carbocycles. The van der Waals surface area contributed by atoms with Crippen molar-refractivity contribution in [2.24, 2.45) is 5.73 Å². The van der Waals surface area contributed by atoms with Crippen LogP contribution in [-0.2, 0) is 10.2 Å². The van der Waals surface area contributed by atoms with E-state index in [0.29, 0.717) is 24.7 Å². The molecule has 1 aromatic rings. The lowest BCUT2D eigenvalue weighted by Crippen LogP contribution is -2.64. The normalized spacial score (nSPS) is 17.6. The summed E-state index contributed by atoms with van der Waals surface area (Å²) in [5.74, 6) is 0. The molecule has 1 amide bonds. The van der Waals surface area contributed by atoms with Gasteiger partial charge in [-0.15, -0.1) is 0 Å². The summed E-state index contributed by atoms with van der Waals surface area (Å²) in [5, 5.41) is 0.698. The number of carbonyl (C=O) groups is 1. The van der Waals surface area contributed by atoms with Crippen LogP contribution in [-0.4, -0.2) is 36.2 Å². The van der Waals surface area contributed by atoms with Gasteiger partial charge in [0.2, 0.25) is 0 Å². The zero-order chi connectivity index (χ0) is 15.0. The second-order valence-corrected chi connectivity index (χ2v) is 6.76. The lowest BCUT2D eigenvalue weighted by atomic mass is 9.74. The number of ether oxygens (including phenoxy) is 1. The fourth-order valence-electron chi connectivity index (χ4n) is 2.37. The second kappa shape index (κ2) is 5.26.